The van der Waals surface area contributed by atoms with E-state index < -0.39 is 6.10 Å². The minimum absolute atomic E-state index is 0.250. The molecular weight excluding hydrogens is 148 g/mol. The van der Waals surface area contributed by atoms with Gasteiger partial charge in [0.2, 0.25) is 0 Å². The van der Waals surface area contributed by atoms with Gasteiger partial charge >= 0.3 is 0 Å². The van der Waals surface area contributed by atoms with Crippen molar-refractivity contribution < 1.29 is 5.11 Å². The Balaban J connectivity index is 3.80. The molecule has 0 aliphatic rings. The van der Waals surface area contributed by atoms with Crippen molar-refractivity contribution in [2.24, 2.45) is 5.92 Å². The van der Waals surface area contributed by atoms with Crippen LogP contribution in [0.1, 0.15) is 20.3 Å². The minimum atomic E-state index is -0.454. The summed E-state index contributed by atoms with van der Waals surface area (Å²) in [6.07, 6.45) is 2.06. The fraction of sp³-hybridized carbons (Fsp3) is 0.750. The maximum atomic E-state index is 9.38. The summed E-state index contributed by atoms with van der Waals surface area (Å²) < 4.78 is 0. The molecule has 0 aromatic rings. The molecule has 0 aromatic carbocycles. The first-order chi connectivity index (χ1) is 4.63. The van der Waals surface area contributed by atoms with Gasteiger partial charge in [0.1, 0.15) is 0 Å². The molecule has 60 valence electrons. The van der Waals surface area contributed by atoms with E-state index in [4.69, 9.17) is 11.6 Å². The van der Waals surface area contributed by atoms with E-state index >= 15 is 0 Å². The molecule has 0 heterocycles. The number of halogens is 1. The van der Waals surface area contributed by atoms with Crippen LogP contribution in [0.15, 0.2) is 12.7 Å². The van der Waals surface area contributed by atoms with Gasteiger partial charge in [-0.1, -0.05) is 26.3 Å². The third-order valence-electron chi connectivity index (χ3n) is 1.78. The van der Waals surface area contributed by atoms with Gasteiger partial charge in [-0.3, -0.25) is 0 Å². The second-order valence-corrected chi connectivity index (χ2v) is 3.06. The molecule has 1 nitrogen and oxygen atoms in total. The van der Waals surface area contributed by atoms with E-state index in [0.717, 1.165) is 6.42 Å². The van der Waals surface area contributed by atoms with Crippen LogP contribution < -0.4 is 0 Å². The summed E-state index contributed by atoms with van der Waals surface area (Å²) >= 11 is 5.72. The number of alkyl halides is 1. The molecule has 0 fully saturated rings. The maximum Gasteiger partial charge on any atom is 0.0775 e. The molecule has 0 saturated carbocycles. The largest absolute Gasteiger partial charge is 0.391 e. The Morgan fingerprint density at radius 1 is 1.70 bits per heavy atom. The molecule has 1 N–H and O–H groups in total. The summed E-state index contributed by atoms with van der Waals surface area (Å²) in [7, 11) is 0. The fourth-order valence-corrected chi connectivity index (χ4v) is 0.943. The molecule has 0 aliphatic carbocycles. The van der Waals surface area contributed by atoms with Crippen molar-refractivity contribution in [1.29, 1.82) is 0 Å². The van der Waals surface area contributed by atoms with Crippen LogP contribution in [-0.2, 0) is 0 Å². The second kappa shape index (κ2) is 4.75. The third-order valence-corrected chi connectivity index (χ3v) is 2.21. The fourth-order valence-electron chi connectivity index (χ4n) is 0.695. The zero-order valence-corrected chi connectivity index (χ0v) is 7.30. The van der Waals surface area contributed by atoms with Crippen LogP contribution in [0.2, 0.25) is 0 Å². The first-order valence-electron chi connectivity index (χ1n) is 3.58. The monoisotopic (exact) mass is 162 g/mol. The number of aliphatic hydroxyl groups is 1. The molecule has 0 bridgehead atoms. The molecular formula is C8H15ClO. The smallest absolute Gasteiger partial charge is 0.0775 e. The first-order valence-corrected chi connectivity index (χ1v) is 4.01. The highest BCUT2D eigenvalue weighted by Gasteiger charge is 2.18. The summed E-state index contributed by atoms with van der Waals surface area (Å²) in [5, 5.41) is 9.07. The summed E-state index contributed by atoms with van der Waals surface area (Å²) in [5.41, 5.74) is 0. The van der Waals surface area contributed by atoms with Crippen LogP contribution in [-0.4, -0.2) is 16.6 Å². The van der Waals surface area contributed by atoms with Crippen molar-refractivity contribution in [2.45, 2.75) is 31.7 Å². The molecule has 0 rings (SSSR count). The number of rotatable bonds is 4. The normalized spacial score (nSPS) is 19.6. The SMILES string of the molecule is C=C[C@@H](Cl)[C@H](O)[C@@H](C)CC. The van der Waals surface area contributed by atoms with Crippen molar-refractivity contribution in [3.63, 3.8) is 0 Å². The molecule has 3 atom stereocenters. The van der Waals surface area contributed by atoms with E-state index in [1.165, 1.54) is 0 Å². The highest BCUT2D eigenvalue weighted by atomic mass is 35.5. The van der Waals surface area contributed by atoms with Crippen molar-refractivity contribution in [1.82, 2.24) is 0 Å². The second-order valence-electron chi connectivity index (χ2n) is 2.56. The zero-order chi connectivity index (χ0) is 8.15. The third kappa shape index (κ3) is 2.72. The quantitative estimate of drug-likeness (QED) is 0.497. The van der Waals surface area contributed by atoms with Gasteiger partial charge in [-0.25, -0.2) is 0 Å². The highest BCUT2D eigenvalue weighted by Crippen LogP contribution is 2.15. The lowest BCUT2D eigenvalue weighted by molar-refractivity contribution is 0.120. The summed E-state index contributed by atoms with van der Waals surface area (Å²) in [6.45, 7) is 7.51. The predicted octanol–water partition coefficient (Wildman–Crippen LogP) is 2.19. The minimum Gasteiger partial charge on any atom is -0.391 e. The lowest BCUT2D eigenvalue weighted by Gasteiger charge is -2.19. The molecule has 10 heavy (non-hydrogen) atoms. The van der Waals surface area contributed by atoms with Crippen LogP contribution in [0.4, 0.5) is 0 Å². The summed E-state index contributed by atoms with van der Waals surface area (Å²) in [5.74, 6) is 0.250. The van der Waals surface area contributed by atoms with Gasteiger partial charge in [0.15, 0.2) is 0 Å². The van der Waals surface area contributed by atoms with E-state index in [9.17, 15) is 5.11 Å². The first kappa shape index (κ1) is 9.99. The average Bonchev–Trinajstić information content (AvgIpc) is 2.00. The van der Waals surface area contributed by atoms with Crippen molar-refractivity contribution >= 4 is 11.6 Å². The van der Waals surface area contributed by atoms with Crippen molar-refractivity contribution in [3.05, 3.63) is 12.7 Å². The standard InChI is InChI=1S/C8H15ClO/c1-4-6(3)8(10)7(9)5-2/h5-8,10H,2,4H2,1,3H3/t6-,7+,8+/m0/s1. The lowest BCUT2D eigenvalue weighted by atomic mass is 9.99. The highest BCUT2D eigenvalue weighted by molar-refractivity contribution is 6.22. The molecule has 2 heteroatoms. The van der Waals surface area contributed by atoms with Gasteiger partial charge in [-0.05, 0) is 5.92 Å². The van der Waals surface area contributed by atoms with Crippen LogP contribution >= 0.6 is 11.6 Å². The van der Waals surface area contributed by atoms with E-state index in [1.807, 2.05) is 13.8 Å². The van der Waals surface area contributed by atoms with Crippen LogP contribution in [0, 0.1) is 5.92 Å². The van der Waals surface area contributed by atoms with Gasteiger partial charge in [0.25, 0.3) is 0 Å². The Hall–Kier alpha value is -0.0100. The molecule has 0 unspecified atom stereocenters. The van der Waals surface area contributed by atoms with Crippen LogP contribution in [0.3, 0.4) is 0 Å². The van der Waals surface area contributed by atoms with Gasteiger partial charge in [-0.15, -0.1) is 18.2 Å². The lowest BCUT2D eigenvalue weighted by Crippen LogP contribution is -2.26. The van der Waals surface area contributed by atoms with Crippen LogP contribution in [0.25, 0.3) is 0 Å². The van der Waals surface area contributed by atoms with Crippen molar-refractivity contribution in [2.75, 3.05) is 0 Å². The zero-order valence-electron chi connectivity index (χ0n) is 6.55. The Labute approximate surface area is 67.7 Å². The van der Waals surface area contributed by atoms with E-state index in [2.05, 4.69) is 6.58 Å². The van der Waals surface area contributed by atoms with Crippen molar-refractivity contribution in [3.8, 4) is 0 Å². The van der Waals surface area contributed by atoms with E-state index in [0.29, 0.717) is 0 Å². The molecule has 0 radical (unpaired) electrons. The van der Waals surface area contributed by atoms with Gasteiger partial charge in [0.05, 0.1) is 11.5 Å². The predicted molar refractivity (Wildman–Crippen MR) is 45.3 cm³/mol. The number of hydrogen-bond acceptors (Lipinski definition) is 1. The topological polar surface area (TPSA) is 20.2 Å². The maximum absolute atomic E-state index is 9.38. The van der Waals surface area contributed by atoms with Gasteiger partial charge < -0.3 is 5.11 Å². The molecule has 0 aromatic heterocycles. The Bertz CT molecular complexity index is 103. The Kier molecular flexibility index (Phi) is 4.75. The molecule has 0 aliphatic heterocycles. The Morgan fingerprint density at radius 2 is 2.20 bits per heavy atom. The Morgan fingerprint density at radius 3 is 2.50 bits per heavy atom. The van der Waals surface area contributed by atoms with E-state index in [-0.39, 0.29) is 11.3 Å². The molecule has 0 amide bonds. The average molecular weight is 163 g/mol. The van der Waals surface area contributed by atoms with Gasteiger partial charge in [0, 0.05) is 0 Å². The molecule has 0 spiro atoms. The van der Waals surface area contributed by atoms with Crippen LogP contribution in [0.5, 0.6) is 0 Å². The summed E-state index contributed by atoms with van der Waals surface area (Å²) in [4.78, 5) is 0. The number of aliphatic hydroxyl groups excluding tert-OH is 1. The van der Waals surface area contributed by atoms with E-state index in [1.54, 1.807) is 6.08 Å². The summed E-state index contributed by atoms with van der Waals surface area (Å²) in [6, 6.07) is 0. The molecule has 0 saturated heterocycles. The van der Waals surface area contributed by atoms with Gasteiger partial charge in [-0.2, -0.15) is 0 Å². The number of hydrogen-bond donors (Lipinski definition) is 1.